The minimum atomic E-state index is -1.28. The first-order chi connectivity index (χ1) is 8.91. The zero-order valence-corrected chi connectivity index (χ0v) is 10.9. The van der Waals surface area contributed by atoms with Gasteiger partial charge in [-0.1, -0.05) is 29.3 Å². The van der Waals surface area contributed by atoms with Crippen molar-refractivity contribution in [2.24, 2.45) is 0 Å². The van der Waals surface area contributed by atoms with Crippen LogP contribution in [0.3, 0.4) is 0 Å². The van der Waals surface area contributed by atoms with Crippen LogP contribution in [0.25, 0.3) is 0 Å². The zero-order valence-electron chi connectivity index (χ0n) is 9.43. The molecule has 0 heterocycles. The summed E-state index contributed by atoms with van der Waals surface area (Å²) in [5.74, 6) is -2.53. The van der Waals surface area contributed by atoms with E-state index in [1.165, 1.54) is 0 Å². The molecule has 0 aliphatic heterocycles. The second-order valence-corrected chi connectivity index (χ2v) is 4.13. The Morgan fingerprint density at radius 1 is 1.11 bits per heavy atom. The van der Waals surface area contributed by atoms with Crippen LogP contribution in [-0.2, 0) is 9.59 Å². The van der Waals surface area contributed by atoms with Crippen molar-refractivity contribution >= 4 is 40.8 Å². The minimum absolute atomic E-state index is 0.251. The molecule has 0 fully saturated rings. The van der Waals surface area contributed by atoms with Crippen LogP contribution in [0.1, 0.15) is 0 Å². The van der Waals surface area contributed by atoms with Gasteiger partial charge in [-0.05, 0) is 18.2 Å². The van der Waals surface area contributed by atoms with E-state index in [9.17, 15) is 9.59 Å². The number of halogens is 2. The Balaban J connectivity index is 2.99. The smallest absolute Gasteiger partial charge is 0.337 e. The van der Waals surface area contributed by atoms with Crippen molar-refractivity contribution in [3.05, 3.63) is 52.2 Å². The number of carboxylic acid groups (broad SMARTS) is 2. The van der Waals surface area contributed by atoms with E-state index < -0.39 is 11.9 Å². The van der Waals surface area contributed by atoms with Gasteiger partial charge in [0, 0.05) is 12.3 Å². The van der Waals surface area contributed by atoms with Crippen molar-refractivity contribution in [2.75, 3.05) is 5.32 Å². The molecule has 7 heteroatoms. The maximum Gasteiger partial charge on any atom is 0.337 e. The van der Waals surface area contributed by atoms with E-state index in [1.54, 1.807) is 18.2 Å². The molecule has 0 aliphatic carbocycles. The number of rotatable bonds is 5. The number of hydrogen-bond donors (Lipinski definition) is 3. The third-order valence-corrected chi connectivity index (χ3v) is 2.62. The molecule has 0 unspecified atom stereocenters. The average Bonchev–Trinajstić information content (AvgIpc) is 2.31. The molecule has 0 amide bonds. The van der Waals surface area contributed by atoms with Gasteiger partial charge in [0.15, 0.2) is 0 Å². The third-order valence-electron chi connectivity index (χ3n) is 1.99. The lowest BCUT2D eigenvalue weighted by Crippen LogP contribution is -2.02. The normalized spacial score (nSPS) is 11.6. The fourth-order valence-electron chi connectivity index (χ4n) is 1.13. The van der Waals surface area contributed by atoms with E-state index in [0.717, 1.165) is 18.4 Å². The predicted molar refractivity (Wildman–Crippen MR) is 72.6 cm³/mol. The topological polar surface area (TPSA) is 86.6 Å². The number of para-hydroxylation sites is 1. The second-order valence-electron chi connectivity index (χ2n) is 3.32. The highest BCUT2D eigenvalue weighted by atomic mass is 35.5. The third kappa shape index (κ3) is 4.65. The number of carbonyl (C=O) groups is 2. The molecule has 0 spiro atoms. The van der Waals surface area contributed by atoms with E-state index in [0.29, 0.717) is 15.7 Å². The molecule has 5 nitrogen and oxygen atoms in total. The molecule has 19 heavy (non-hydrogen) atoms. The second kappa shape index (κ2) is 6.82. The van der Waals surface area contributed by atoms with E-state index in [-0.39, 0.29) is 5.57 Å². The summed E-state index contributed by atoms with van der Waals surface area (Å²) in [5, 5.41) is 20.6. The summed E-state index contributed by atoms with van der Waals surface area (Å²) in [7, 11) is 0. The SMILES string of the molecule is O=C(O)C=CC(=CNc1c(Cl)cccc1Cl)C(=O)O. The Bertz CT molecular complexity index is 547. The Kier molecular flexibility index (Phi) is 5.41. The highest BCUT2D eigenvalue weighted by Gasteiger charge is 2.07. The first-order valence-electron chi connectivity index (χ1n) is 4.97. The largest absolute Gasteiger partial charge is 0.478 e. The zero-order chi connectivity index (χ0) is 14.4. The number of aliphatic carboxylic acids is 2. The molecule has 0 bridgehead atoms. The molecule has 1 rings (SSSR count). The molecule has 0 aliphatic rings. The predicted octanol–water partition coefficient (Wildman–Crippen LogP) is 3.01. The van der Waals surface area contributed by atoms with Crippen LogP contribution in [0, 0.1) is 0 Å². The van der Waals surface area contributed by atoms with Crippen LogP contribution in [0.4, 0.5) is 5.69 Å². The summed E-state index contributed by atoms with van der Waals surface area (Å²) < 4.78 is 0. The van der Waals surface area contributed by atoms with Crippen molar-refractivity contribution < 1.29 is 19.8 Å². The molecule has 0 radical (unpaired) electrons. The van der Waals surface area contributed by atoms with Gasteiger partial charge in [0.05, 0.1) is 21.3 Å². The monoisotopic (exact) mass is 301 g/mol. The Morgan fingerprint density at radius 2 is 1.68 bits per heavy atom. The maximum absolute atomic E-state index is 10.9. The summed E-state index contributed by atoms with van der Waals surface area (Å²) >= 11 is 11.8. The molecular weight excluding hydrogens is 293 g/mol. The lowest BCUT2D eigenvalue weighted by atomic mass is 10.2. The van der Waals surface area contributed by atoms with E-state index in [1.807, 2.05) is 0 Å². The van der Waals surface area contributed by atoms with Gasteiger partial charge in [0.2, 0.25) is 0 Å². The van der Waals surface area contributed by atoms with Crippen molar-refractivity contribution in [3.8, 4) is 0 Å². The van der Waals surface area contributed by atoms with Crippen molar-refractivity contribution in [3.63, 3.8) is 0 Å². The number of hydrogen-bond acceptors (Lipinski definition) is 3. The molecule has 0 saturated carbocycles. The fraction of sp³-hybridized carbons (Fsp3) is 0. The van der Waals surface area contributed by atoms with Crippen LogP contribution in [0.5, 0.6) is 0 Å². The molecule has 3 N–H and O–H groups in total. The van der Waals surface area contributed by atoms with Gasteiger partial charge in [-0.15, -0.1) is 0 Å². The van der Waals surface area contributed by atoms with Crippen molar-refractivity contribution in [2.45, 2.75) is 0 Å². The average molecular weight is 302 g/mol. The lowest BCUT2D eigenvalue weighted by molar-refractivity contribution is -0.132. The van der Waals surface area contributed by atoms with E-state index in [4.69, 9.17) is 33.4 Å². The molecule has 1 aromatic rings. The van der Waals surface area contributed by atoms with Crippen molar-refractivity contribution in [1.29, 1.82) is 0 Å². The van der Waals surface area contributed by atoms with E-state index in [2.05, 4.69) is 5.32 Å². The summed E-state index contributed by atoms with van der Waals surface area (Å²) in [4.78, 5) is 21.2. The van der Waals surface area contributed by atoms with Gasteiger partial charge in [-0.25, -0.2) is 9.59 Å². The Morgan fingerprint density at radius 3 is 2.16 bits per heavy atom. The Hall–Kier alpha value is -1.98. The van der Waals surface area contributed by atoms with Gasteiger partial charge in [0.25, 0.3) is 0 Å². The van der Waals surface area contributed by atoms with Crippen LogP contribution in [-0.4, -0.2) is 22.2 Å². The summed E-state index contributed by atoms with van der Waals surface area (Å²) in [6.07, 6.45) is 2.77. The van der Waals surface area contributed by atoms with E-state index >= 15 is 0 Å². The quantitative estimate of drug-likeness (QED) is 0.575. The molecular formula is C12H9Cl2NO4. The van der Waals surface area contributed by atoms with Crippen molar-refractivity contribution in [1.82, 2.24) is 0 Å². The summed E-state index contributed by atoms with van der Waals surface area (Å²) in [6.45, 7) is 0. The standard InChI is InChI=1S/C12H9Cl2NO4/c13-8-2-1-3-9(14)11(8)15-6-7(12(18)19)4-5-10(16)17/h1-6,15H,(H,16,17)(H,18,19). The number of anilines is 1. The first kappa shape index (κ1) is 15.1. The van der Waals surface area contributed by atoms with Gasteiger partial charge in [0.1, 0.15) is 0 Å². The lowest BCUT2D eigenvalue weighted by Gasteiger charge is -2.06. The minimum Gasteiger partial charge on any atom is -0.478 e. The number of carboxylic acids is 2. The van der Waals surface area contributed by atoms with Gasteiger partial charge >= 0.3 is 11.9 Å². The van der Waals surface area contributed by atoms with Crippen LogP contribution < -0.4 is 5.32 Å². The summed E-state index contributed by atoms with van der Waals surface area (Å²) in [6, 6.07) is 4.80. The van der Waals surface area contributed by atoms with Gasteiger partial charge in [-0.2, -0.15) is 0 Å². The van der Waals surface area contributed by atoms with Crippen LogP contribution >= 0.6 is 23.2 Å². The first-order valence-corrected chi connectivity index (χ1v) is 5.72. The van der Waals surface area contributed by atoms with Gasteiger partial charge in [-0.3, -0.25) is 0 Å². The van der Waals surface area contributed by atoms with Crippen LogP contribution in [0.15, 0.2) is 42.1 Å². The highest BCUT2D eigenvalue weighted by Crippen LogP contribution is 2.29. The molecule has 0 atom stereocenters. The number of nitrogens with one attached hydrogen (secondary N) is 1. The molecule has 0 saturated heterocycles. The molecule has 100 valence electrons. The van der Waals surface area contributed by atoms with Gasteiger partial charge < -0.3 is 15.5 Å². The maximum atomic E-state index is 10.9. The number of benzene rings is 1. The van der Waals surface area contributed by atoms with Crippen LogP contribution in [0.2, 0.25) is 10.0 Å². The highest BCUT2D eigenvalue weighted by molar-refractivity contribution is 6.39. The fourth-order valence-corrected chi connectivity index (χ4v) is 1.63. The molecule has 0 aromatic heterocycles. The Labute approximate surface area is 118 Å². The summed E-state index contributed by atoms with van der Waals surface area (Å²) in [5.41, 5.74) is 0.0895. The molecule has 1 aromatic carbocycles.